The van der Waals surface area contributed by atoms with Crippen LogP contribution in [0.2, 0.25) is 0 Å². The van der Waals surface area contributed by atoms with Gasteiger partial charge in [-0.15, -0.1) is 0 Å². The Balaban J connectivity index is 1.69. The van der Waals surface area contributed by atoms with Gasteiger partial charge in [0.15, 0.2) is 11.5 Å². The third-order valence-electron chi connectivity index (χ3n) is 4.22. The van der Waals surface area contributed by atoms with Crippen molar-refractivity contribution in [1.29, 1.82) is 0 Å². The van der Waals surface area contributed by atoms with Gasteiger partial charge < -0.3 is 14.8 Å². The lowest BCUT2D eigenvalue weighted by Gasteiger charge is -2.24. The summed E-state index contributed by atoms with van der Waals surface area (Å²) >= 11 is 0. The molecular formula is C19H22N2O5S. The van der Waals surface area contributed by atoms with E-state index in [9.17, 15) is 13.2 Å². The molecule has 0 aliphatic carbocycles. The third-order valence-corrected chi connectivity index (χ3v) is 5.40. The zero-order valence-electron chi connectivity index (χ0n) is 15.5. The van der Waals surface area contributed by atoms with E-state index in [1.165, 1.54) is 4.31 Å². The van der Waals surface area contributed by atoms with E-state index in [0.29, 0.717) is 22.9 Å². The van der Waals surface area contributed by atoms with Crippen LogP contribution in [0.1, 0.15) is 17.5 Å². The molecule has 8 heteroatoms. The number of nitrogens with one attached hydrogen (secondary N) is 1. The van der Waals surface area contributed by atoms with E-state index in [1.807, 2.05) is 26.0 Å². The van der Waals surface area contributed by atoms with Gasteiger partial charge in [-0.25, -0.2) is 8.42 Å². The van der Waals surface area contributed by atoms with Crippen LogP contribution >= 0.6 is 0 Å². The number of ether oxygens (including phenoxy) is 2. The Morgan fingerprint density at radius 2 is 1.85 bits per heavy atom. The molecular weight excluding hydrogens is 368 g/mol. The fraction of sp³-hybridized carbons (Fsp3) is 0.316. The first-order valence-electron chi connectivity index (χ1n) is 8.48. The molecule has 1 heterocycles. The molecule has 1 N–H and O–H groups in total. The van der Waals surface area contributed by atoms with Crippen LogP contribution in [0, 0.1) is 13.8 Å². The molecule has 0 saturated carbocycles. The van der Waals surface area contributed by atoms with E-state index in [1.54, 1.807) is 24.3 Å². The second-order valence-corrected chi connectivity index (χ2v) is 8.40. The van der Waals surface area contributed by atoms with Crippen molar-refractivity contribution >= 4 is 27.3 Å². The lowest BCUT2D eigenvalue weighted by atomic mass is 10.1. The normalized spacial score (nSPS) is 12.7. The lowest BCUT2D eigenvalue weighted by molar-refractivity contribution is -0.116. The molecule has 1 amide bonds. The summed E-state index contributed by atoms with van der Waals surface area (Å²) in [6, 6.07) is 10.6. The van der Waals surface area contributed by atoms with E-state index in [4.69, 9.17) is 9.47 Å². The van der Waals surface area contributed by atoms with Gasteiger partial charge in [-0.3, -0.25) is 9.10 Å². The van der Waals surface area contributed by atoms with Crippen LogP contribution in [0.4, 0.5) is 11.4 Å². The number of fused-ring (bicyclic) bond motifs is 1. The van der Waals surface area contributed by atoms with E-state index < -0.39 is 10.0 Å². The second-order valence-electron chi connectivity index (χ2n) is 6.49. The maximum atomic E-state index is 12.3. The third kappa shape index (κ3) is 4.51. The standard InChI is InChI=1S/C19H22N2O5S/c1-13-4-6-16(14(2)10-13)21(27(3,23)24)9-8-19(22)20-15-5-7-17-18(11-15)26-12-25-17/h4-7,10-11H,8-9,12H2,1-3H3,(H,20,22). The van der Waals surface area contributed by atoms with Gasteiger partial charge in [0, 0.05) is 24.7 Å². The molecule has 0 aromatic heterocycles. The number of hydrogen-bond acceptors (Lipinski definition) is 5. The van der Waals surface area contributed by atoms with E-state index in [-0.39, 0.29) is 25.7 Å². The minimum Gasteiger partial charge on any atom is -0.454 e. The maximum Gasteiger partial charge on any atom is 0.232 e. The van der Waals surface area contributed by atoms with Crippen molar-refractivity contribution in [3.63, 3.8) is 0 Å². The Kier molecular flexibility index (Phi) is 5.27. The molecule has 0 unspecified atom stereocenters. The topological polar surface area (TPSA) is 84.9 Å². The molecule has 0 radical (unpaired) electrons. The Morgan fingerprint density at radius 3 is 2.56 bits per heavy atom. The highest BCUT2D eigenvalue weighted by Gasteiger charge is 2.21. The summed E-state index contributed by atoms with van der Waals surface area (Å²) in [5.41, 5.74) is 3.04. The van der Waals surface area contributed by atoms with Crippen LogP contribution in [-0.4, -0.2) is 33.9 Å². The van der Waals surface area contributed by atoms with Gasteiger partial charge in [0.1, 0.15) is 0 Å². The summed E-state index contributed by atoms with van der Waals surface area (Å²) in [7, 11) is -3.51. The van der Waals surface area contributed by atoms with Crippen LogP contribution in [0.25, 0.3) is 0 Å². The lowest BCUT2D eigenvalue weighted by Crippen LogP contribution is -2.33. The average molecular weight is 390 g/mol. The highest BCUT2D eigenvalue weighted by molar-refractivity contribution is 7.92. The molecule has 0 atom stereocenters. The second kappa shape index (κ2) is 7.48. The smallest absolute Gasteiger partial charge is 0.232 e. The minimum absolute atomic E-state index is 0.0226. The molecule has 0 saturated heterocycles. The zero-order chi connectivity index (χ0) is 19.6. The summed E-state index contributed by atoms with van der Waals surface area (Å²) in [4.78, 5) is 12.3. The van der Waals surface area contributed by atoms with Crippen LogP contribution in [0.15, 0.2) is 36.4 Å². The minimum atomic E-state index is -3.51. The number of carbonyl (C=O) groups excluding carboxylic acids is 1. The summed E-state index contributed by atoms with van der Waals surface area (Å²) in [5, 5.41) is 2.76. The molecule has 2 aromatic carbocycles. The summed E-state index contributed by atoms with van der Waals surface area (Å²) in [6.07, 6.45) is 1.16. The first-order valence-corrected chi connectivity index (χ1v) is 10.3. The number of rotatable bonds is 6. The average Bonchev–Trinajstić information content (AvgIpc) is 3.03. The number of sulfonamides is 1. The molecule has 0 spiro atoms. The SMILES string of the molecule is Cc1ccc(N(CCC(=O)Nc2ccc3c(c2)OCO3)S(C)(=O)=O)c(C)c1. The predicted molar refractivity (Wildman–Crippen MR) is 104 cm³/mol. The number of aryl methyl sites for hydroxylation is 2. The molecule has 27 heavy (non-hydrogen) atoms. The Hall–Kier alpha value is -2.74. The molecule has 144 valence electrons. The summed E-state index contributed by atoms with van der Waals surface area (Å²) in [5.74, 6) is 0.916. The zero-order valence-corrected chi connectivity index (χ0v) is 16.3. The van der Waals surface area contributed by atoms with E-state index >= 15 is 0 Å². The van der Waals surface area contributed by atoms with Crippen molar-refractivity contribution in [2.45, 2.75) is 20.3 Å². The van der Waals surface area contributed by atoms with E-state index in [0.717, 1.165) is 17.4 Å². The molecule has 0 bridgehead atoms. The van der Waals surface area contributed by atoms with Gasteiger partial charge >= 0.3 is 0 Å². The molecule has 7 nitrogen and oxygen atoms in total. The monoisotopic (exact) mass is 390 g/mol. The van der Waals surface area contributed by atoms with Crippen molar-refractivity contribution < 1.29 is 22.7 Å². The Labute approximate surface area is 158 Å². The highest BCUT2D eigenvalue weighted by Crippen LogP contribution is 2.34. The fourth-order valence-corrected chi connectivity index (χ4v) is 3.94. The molecule has 1 aliphatic heterocycles. The van der Waals surface area contributed by atoms with E-state index in [2.05, 4.69) is 5.32 Å². The summed E-state index contributed by atoms with van der Waals surface area (Å²) in [6.45, 7) is 4.01. The van der Waals surface area contributed by atoms with Crippen molar-refractivity contribution in [3.05, 3.63) is 47.5 Å². The van der Waals surface area contributed by atoms with Gasteiger partial charge in [0.05, 0.1) is 11.9 Å². The quantitative estimate of drug-likeness (QED) is 0.820. The molecule has 3 rings (SSSR count). The van der Waals surface area contributed by atoms with Gasteiger partial charge in [-0.05, 0) is 37.6 Å². The number of hydrogen-bond donors (Lipinski definition) is 1. The maximum absolute atomic E-state index is 12.3. The van der Waals surface area contributed by atoms with Crippen LogP contribution in [0.3, 0.4) is 0 Å². The van der Waals surface area contributed by atoms with Crippen LogP contribution in [-0.2, 0) is 14.8 Å². The predicted octanol–water partition coefficient (Wildman–Crippen LogP) is 2.83. The van der Waals surface area contributed by atoms with Crippen molar-refractivity contribution in [3.8, 4) is 11.5 Å². The molecule has 0 fully saturated rings. The largest absolute Gasteiger partial charge is 0.454 e. The van der Waals surface area contributed by atoms with Crippen molar-refractivity contribution in [2.24, 2.45) is 0 Å². The first-order chi connectivity index (χ1) is 12.7. The number of benzene rings is 2. The van der Waals surface area contributed by atoms with Gasteiger partial charge in [0.25, 0.3) is 0 Å². The molecule has 1 aliphatic rings. The van der Waals surface area contributed by atoms with Crippen molar-refractivity contribution in [1.82, 2.24) is 0 Å². The Morgan fingerprint density at radius 1 is 1.11 bits per heavy atom. The summed E-state index contributed by atoms with van der Waals surface area (Å²) < 4.78 is 36.2. The van der Waals surface area contributed by atoms with Crippen molar-refractivity contribution in [2.75, 3.05) is 29.2 Å². The molecule has 2 aromatic rings. The van der Waals surface area contributed by atoms with Crippen LogP contribution in [0.5, 0.6) is 11.5 Å². The number of anilines is 2. The van der Waals surface area contributed by atoms with Gasteiger partial charge in [-0.2, -0.15) is 0 Å². The van der Waals surface area contributed by atoms with Gasteiger partial charge in [0.2, 0.25) is 22.7 Å². The van der Waals surface area contributed by atoms with Crippen LogP contribution < -0.4 is 19.1 Å². The number of amides is 1. The first kappa shape index (κ1) is 19.0. The van der Waals surface area contributed by atoms with Gasteiger partial charge in [-0.1, -0.05) is 17.7 Å². The fourth-order valence-electron chi connectivity index (χ4n) is 2.95. The number of carbonyl (C=O) groups is 1. The Bertz CT molecular complexity index is 972. The highest BCUT2D eigenvalue weighted by atomic mass is 32.2. The number of nitrogens with zero attached hydrogens (tertiary/aromatic N) is 1.